The normalized spacial score (nSPS) is 10.7. The van der Waals surface area contributed by atoms with Crippen LogP contribution in [0.15, 0.2) is 60.7 Å². The summed E-state index contributed by atoms with van der Waals surface area (Å²) in [5.41, 5.74) is 7.59. The van der Waals surface area contributed by atoms with Gasteiger partial charge in [0.05, 0.1) is 11.6 Å². The Morgan fingerprint density at radius 2 is 1.76 bits per heavy atom. The van der Waals surface area contributed by atoms with Crippen LogP contribution in [0.25, 0.3) is 10.8 Å². The Bertz CT molecular complexity index is 765. The lowest BCUT2D eigenvalue weighted by Crippen LogP contribution is -2.02. The summed E-state index contributed by atoms with van der Waals surface area (Å²) < 4.78 is 5.76. The maximum atomic E-state index is 6.10. The molecule has 0 atom stereocenters. The fourth-order valence-corrected chi connectivity index (χ4v) is 2.66. The van der Waals surface area contributed by atoms with E-state index in [-0.39, 0.29) is 0 Å². The molecular formula is C18H16ClNO. The summed E-state index contributed by atoms with van der Waals surface area (Å²) in [4.78, 5) is 0. The number of anilines is 1. The number of benzene rings is 3. The van der Waals surface area contributed by atoms with Crippen molar-refractivity contribution >= 4 is 28.1 Å². The molecule has 2 nitrogen and oxygen atoms in total. The van der Waals surface area contributed by atoms with Crippen LogP contribution < -0.4 is 10.5 Å². The lowest BCUT2D eigenvalue weighted by atomic mass is 10.0. The van der Waals surface area contributed by atoms with Crippen LogP contribution in [0.1, 0.15) is 5.56 Å². The van der Waals surface area contributed by atoms with E-state index in [1.165, 1.54) is 16.3 Å². The molecule has 0 fully saturated rings. The molecule has 3 heteroatoms. The Labute approximate surface area is 129 Å². The Balaban J connectivity index is 1.72. The Hall–Kier alpha value is -2.19. The second-order valence-electron chi connectivity index (χ2n) is 4.93. The third-order valence-electron chi connectivity index (χ3n) is 3.46. The van der Waals surface area contributed by atoms with Gasteiger partial charge in [-0.3, -0.25) is 0 Å². The summed E-state index contributed by atoms with van der Waals surface area (Å²) in [6.07, 6.45) is 0.835. The minimum absolute atomic E-state index is 0.549. The fourth-order valence-electron chi connectivity index (χ4n) is 2.42. The molecule has 21 heavy (non-hydrogen) atoms. The van der Waals surface area contributed by atoms with Gasteiger partial charge in [-0.15, -0.1) is 0 Å². The maximum Gasteiger partial charge on any atom is 0.138 e. The van der Waals surface area contributed by atoms with Crippen molar-refractivity contribution < 1.29 is 4.74 Å². The molecule has 0 spiro atoms. The Kier molecular flexibility index (Phi) is 3.98. The molecule has 0 aromatic heterocycles. The highest BCUT2D eigenvalue weighted by Gasteiger charge is 2.04. The van der Waals surface area contributed by atoms with Crippen LogP contribution in [-0.2, 0) is 6.42 Å². The van der Waals surface area contributed by atoms with Gasteiger partial charge in [0.25, 0.3) is 0 Å². The monoisotopic (exact) mass is 297 g/mol. The van der Waals surface area contributed by atoms with Crippen LogP contribution in [0.3, 0.4) is 0 Å². The summed E-state index contributed by atoms with van der Waals surface area (Å²) in [6, 6.07) is 20.0. The number of nitrogens with two attached hydrogens (primary N) is 1. The molecule has 0 aliphatic heterocycles. The van der Waals surface area contributed by atoms with E-state index >= 15 is 0 Å². The minimum atomic E-state index is 0.549. The zero-order valence-corrected chi connectivity index (χ0v) is 12.3. The summed E-state index contributed by atoms with van der Waals surface area (Å²) in [6.45, 7) is 0.581. The van der Waals surface area contributed by atoms with Crippen LogP contribution in [0.5, 0.6) is 5.75 Å². The Morgan fingerprint density at radius 1 is 0.952 bits per heavy atom. The summed E-state index contributed by atoms with van der Waals surface area (Å²) in [5, 5.41) is 3.07. The molecule has 106 valence electrons. The molecule has 0 aliphatic rings. The first kappa shape index (κ1) is 13.8. The van der Waals surface area contributed by atoms with Crippen molar-refractivity contribution in [2.45, 2.75) is 6.42 Å². The van der Waals surface area contributed by atoms with Gasteiger partial charge in [0.1, 0.15) is 5.75 Å². The lowest BCUT2D eigenvalue weighted by Gasteiger charge is -2.10. The zero-order chi connectivity index (χ0) is 14.7. The highest BCUT2D eigenvalue weighted by Crippen LogP contribution is 2.27. The van der Waals surface area contributed by atoms with Gasteiger partial charge in [-0.1, -0.05) is 54.1 Å². The zero-order valence-electron chi connectivity index (χ0n) is 11.6. The van der Waals surface area contributed by atoms with Crippen molar-refractivity contribution in [3.05, 3.63) is 71.2 Å². The highest BCUT2D eigenvalue weighted by atomic mass is 35.5. The average Bonchev–Trinajstić information content (AvgIpc) is 2.50. The fraction of sp³-hybridized carbons (Fsp3) is 0.111. The maximum absolute atomic E-state index is 6.10. The van der Waals surface area contributed by atoms with Crippen molar-refractivity contribution in [3.8, 4) is 5.75 Å². The third-order valence-corrected chi connectivity index (χ3v) is 3.76. The van der Waals surface area contributed by atoms with Crippen molar-refractivity contribution in [2.75, 3.05) is 12.3 Å². The van der Waals surface area contributed by atoms with E-state index in [1.807, 2.05) is 0 Å². The van der Waals surface area contributed by atoms with Crippen LogP contribution in [0, 0.1) is 0 Å². The van der Waals surface area contributed by atoms with Crippen molar-refractivity contribution in [1.82, 2.24) is 0 Å². The number of hydrogen-bond donors (Lipinski definition) is 1. The standard InChI is InChI=1S/C18H16ClNO/c19-17-12-15(20)8-9-18(17)21-11-10-14-6-3-5-13-4-1-2-7-16(13)14/h1-9,12H,10-11,20H2. The SMILES string of the molecule is Nc1ccc(OCCc2cccc3ccccc23)c(Cl)c1. The van der Waals surface area contributed by atoms with Crippen LogP contribution in [0.2, 0.25) is 5.02 Å². The number of rotatable bonds is 4. The first-order valence-corrected chi connectivity index (χ1v) is 7.26. The summed E-state index contributed by atoms with van der Waals surface area (Å²) in [7, 11) is 0. The topological polar surface area (TPSA) is 35.2 Å². The molecule has 0 radical (unpaired) electrons. The number of halogens is 1. The Morgan fingerprint density at radius 3 is 2.62 bits per heavy atom. The highest BCUT2D eigenvalue weighted by molar-refractivity contribution is 6.32. The summed E-state index contributed by atoms with van der Waals surface area (Å²) >= 11 is 6.10. The quantitative estimate of drug-likeness (QED) is 0.709. The van der Waals surface area contributed by atoms with E-state index in [0.29, 0.717) is 23.1 Å². The molecule has 3 aromatic carbocycles. The van der Waals surface area contributed by atoms with Gasteiger partial charge in [-0.25, -0.2) is 0 Å². The lowest BCUT2D eigenvalue weighted by molar-refractivity contribution is 0.322. The smallest absolute Gasteiger partial charge is 0.138 e. The van der Waals surface area contributed by atoms with Crippen molar-refractivity contribution in [1.29, 1.82) is 0 Å². The van der Waals surface area contributed by atoms with Gasteiger partial charge < -0.3 is 10.5 Å². The minimum Gasteiger partial charge on any atom is -0.492 e. The first-order chi connectivity index (χ1) is 10.2. The molecule has 0 saturated heterocycles. The number of hydrogen-bond acceptors (Lipinski definition) is 2. The van der Waals surface area contributed by atoms with Gasteiger partial charge in [0.15, 0.2) is 0 Å². The molecule has 3 rings (SSSR count). The van der Waals surface area contributed by atoms with Crippen LogP contribution in [-0.4, -0.2) is 6.61 Å². The molecule has 0 amide bonds. The van der Waals surface area contributed by atoms with Gasteiger partial charge in [-0.05, 0) is 34.5 Å². The van der Waals surface area contributed by atoms with E-state index in [9.17, 15) is 0 Å². The molecule has 0 saturated carbocycles. The van der Waals surface area contributed by atoms with Crippen LogP contribution in [0.4, 0.5) is 5.69 Å². The summed E-state index contributed by atoms with van der Waals surface area (Å²) in [5.74, 6) is 0.672. The van der Waals surface area contributed by atoms with Crippen molar-refractivity contribution in [2.24, 2.45) is 0 Å². The molecule has 3 aromatic rings. The molecule has 0 unspecified atom stereocenters. The molecule has 0 aliphatic carbocycles. The van der Waals surface area contributed by atoms with E-state index < -0.39 is 0 Å². The predicted molar refractivity (Wildman–Crippen MR) is 89.0 cm³/mol. The van der Waals surface area contributed by atoms with Crippen molar-refractivity contribution in [3.63, 3.8) is 0 Å². The van der Waals surface area contributed by atoms with E-state index in [4.69, 9.17) is 22.1 Å². The molecule has 0 heterocycles. The second kappa shape index (κ2) is 6.06. The van der Waals surface area contributed by atoms with E-state index in [0.717, 1.165) is 6.42 Å². The number of nitrogen functional groups attached to an aromatic ring is 1. The van der Waals surface area contributed by atoms with Gasteiger partial charge >= 0.3 is 0 Å². The third kappa shape index (κ3) is 3.11. The predicted octanol–water partition coefficient (Wildman–Crippen LogP) is 4.70. The average molecular weight is 298 g/mol. The van der Waals surface area contributed by atoms with Gasteiger partial charge in [0.2, 0.25) is 0 Å². The molecule has 0 bridgehead atoms. The largest absolute Gasteiger partial charge is 0.492 e. The van der Waals surface area contributed by atoms with Gasteiger partial charge in [-0.2, -0.15) is 0 Å². The second-order valence-corrected chi connectivity index (χ2v) is 5.33. The van der Waals surface area contributed by atoms with Crippen LogP contribution >= 0.6 is 11.6 Å². The van der Waals surface area contributed by atoms with E-state index in [1.54, 1.807) is 18.2 Å². The first-order valence-electron chi connectivity index (χ1n) is 6.88. The molecule has 2 N–H and O–H groups in total. The van der Waals surface area contributed by atoms with Gasteiger partial charge in [0, 0.05) is 12.1 Å². The molecular weight excluding hydrogens is 282 g/mol. The number of fused-ring (bicyclic) bond motifs is 1. The van der Waals surface area contributed by atoms with E-state index in [2.05, 4.69) is 42.5 Å². The number of ether oxygens (including phenoxy) is 1.